The third-order valence-electron chi connectivity index (χ3n) is 5.41. The van der Waals surface area contributed by atoms with Gasteiger partial charge in [0, 0.05) is 0 Å². The highest BCUT2D eigenvalue weighted by Gasteiger charge is 2.45. The van der Waals surface area contributed by atoms with Crippen LogP contribution in [0.1, 0.15) is 42.4 Å². The van der Waals surface area contributed by atoms with E-state index in [-0.39, 0.29) is 16.3 Å². The van der Waals surface area contributed by atoms with Crippen molar-refractivity contribution in [1.29, 1.82) is 0 Å². The molecule has 1 fully saturated rings. The Bertz CT molecular complexity index is 1030. The molecule has 0 unspecified atom stereocenters. The van der Waals surface area contributed by atoms with Crippen molar-refractivity contribution in [3.63, 3.8) is 0 Å². The number of halogens is 7. The number of carboxylic acid groups (broad SMARTS) is 2. The monoisotopic (exact) mass is 525 g/mol. The van der Waals surface area contributed by atoms with Gasteiger partial charge in [0.1, 0.15) is 0 Å². The van der Waals surface area contributed by atoms with Crippen molar-refractivity contribution < 1.29 is 46.1 Å². The number of hydrogen-bond acceptors (Lipinski definition) is 2. The Balaban J connectivity index is 0.00000100. The molecule has 0 heterocycles. The van der Waals surface area contributed by atoms with Gasteiger partial charge in [-0.1, -0.05) is 36.7 Å². The molecule has 2 aromatic carbocycles. The van der Waals surface area contributed by atoms with Crippen LogP contribution in [0, 0.1) is 11.8 Å². The van der Waals surface area contributed by atoms with E-state index in [2.05, 4.69) is 5.32 Å². The van der Waals surface area contributed by atoms with Crippen LogP contribution in [0.15, 0.2) is 42.5 Å². The topological polar surface area (TPSA) is 86.6 Å². The fourth-order valence-electron chi connectivity index (χ4n) is 3.40. The molecule has 3 N–H and O–H groups in total. The van der Waals surface area contributed by atoms with Crippen LogP contribution in [0.25, 0.3) is 0 Å². The standard InChI is InChI=1S/C22H20ClF6NO.CH2O3/c1-12(21(24,25)26)19(15-5-7-16(8-6-15)22(27,28)29)20(31)30-18-11-14(4-9-17(18)23)10-13-2-3-13;2-1(3)4/h4-9,11-13,19H,2-3,10H2,1H3,(H,30,31);(H2,2,3,4)/t12-,19+;/m1./s1. The zero-order valence-corrected chi connectivity index (χ0v) is 19.0. The number of anilines is 1. The first kappa shape index (κ1) is 28.3. The summed E-state index contributed by atoms with van der Waals surface area (Å²) in [5.41, 5.74) is -0.0975. The Labute approximate surface area is 201 Å². The Morgan fingerprint density at radius 2 is 1.57 bits per heavy atom. The van der Waals surface area contributed by atoms with E-state index in [1.807, 2.05) is 0 Å². The highest BCUT2D eigenvalue weighted by molar-refractivity contribution is 6.33. The summed E-state index contributed by atoms with van der Waals surface area (Å²) in [6.07, 6.45) is -8.22. The molecule has 192 valence electrons. The molecular weight excluding hydrogens is 504 g/mol. The van der Waals surface area contributed by atoms with E-state index >= 15 is 0 Å². The predicted octanol–water partition coefficient (Wildman–Crippen LogP) is 7.45. The van der Waals surface area contributed by atoms with Crippen LogP contribution in [-0.2, 0) is 17.4 Å². The van der Waals surface area contributed by atoms with Crippen molar-refractivity contribution in [1.82, 2.24) is 0 Å². The lowest BCUT2D eigenvalue weighted by atomic mass is 9.85. The molecule has 0 aromatic heterocycles. The van der Waals surface area contributed by atoms with E-state index in [1.54, 1.807) is 18.2 Å². The number of rotatable bonds is 6. The second-order valence-electron chi connectivity index (χ2n) is 8.16. The van der Waals surface area contributed by atoms with Gasteiger partial charge in [-0.3, -0.25) is 4.79 Å². The molecule has 0 radical (unpaired) electrons. The number of carbonyl (C=O) groups is 2. The Kier molecular flexibility index (Phi) is 9.05. The molecule has 1 aliphatic rings. The van der Waals surface area contributed by atoms with Gasteiger partial charge in [0.25, 0.3) is 0 Å². The van der Waals surface area contributed by atoms with Crippen molar-refractivity contribution in [2.75, 3.05) is 5.32 Å². The van der Waals surface area contributed by atoms with Crippen molar-refractivity contribution in [2.45, 2.75) is 44.5 Å². The SMILES string of the molecule is C[C@H]([C@H](C(=O)Nc1cc(CC2CC2)ccc1Cl)c1ccc(C(F)(F)F)cc1)C(F)(F)F.O=C(O)O. The number of nitrogens with one attached hydrogen (secondary N) is 1. The minimum atomic E-state index is -4.73. The highest BCUT2D eigenvalue weighted by Crippen LogP contribution is 2.40. The minimum absolute atomic E-state index is 0.165. The Hall–Kier alpha value is -2.95. The van der Waals surface area contributed by atoms with E-state index in [9.17, 15) is 31.1 Å². The molecular formula is C23H22ClF6NO4. The molecule has 0 spiro atoms. The molecule has 0 aliphatic heterocycles. The van der Waals surface area contributed by atoms with Crippen LogP contribution in [0.3, 0.4) is 0 Å². The number of benzene rings is 2. The lowest BCUT2D eigenvalue weighted by Crippen LogP contribution is -2.34. The van der Waals surface area contributed by atoms with Gasteiger partial charge < -0.3 is 15.5 Å². The van der Waals surface area contributed by atoms with Crippen molar-refractivity contribution in [3.05, 3.63) is 64.2 Å². The van der Waals surface area contributed by atoms with Gasteiger partial charge in [0.05, 0.1) is 28.1 Å². The van der Waals surface area contributed by atoms with Crippen molar-refractivity contribution >= 4 is 29.4 Å². The summed E-state index contributed by atoms with van der Waals surface area (Å²) in [6.45, 7) is 0.826. The molecule has 3 rings (SSSR count). The molecule has 0 saturated heterocycles. The summed E-state index contributed by atoms with van der Waals surface area (Å²) >= 11 is 6.12. The van der Waals surface area contributed by atoms with Crippen LogP contribution < -0.4 is 5.32 Å². The zero-order valence-electron chi connectivity index (χ0n) is 18.3. The molecule has 1 aliphatic carbocycles. The molecule has 5 nitrogen and oxygen atoms in total. The van der Waals surface area contributed by atoms with Crippen LogP contribution in [0.5, 0.6) is 0 Å². The number of carbonyl (C=O) groups excluding carboxylic acids is 1. The normalized spacial score (nSPS) is 15.4. The maximum absolute atomic E-state index is 13.5. The second-order valence-corrected chi connectivity index (χ2v) is 8.57. The van der Waals surface area contributed by atoms with Crippen LogP contribution >= 0.6 is 11.6 Å². The summed E-state index contributed by atoms with van der Waals surface area (Å²) in [5, 5.41) is 16.6. The number of alkyl halides is 6. The highest BCUT2D eigenvalue weighted by atomic mass is 35.5. The molecule has 1 saturated carbocycles. The van der Waals surface area contributed by atoms with E-state index in [4.69, 9.17) is 26.6 Å². The zero-order chi connectivity index (χ0) is 26.6. The van der Waals surface area contributed by atoms with Crippen LogP contribution in [0.4, 0.5) is 36.8 Å². The fraction of sp³-hybridized carbons (Fsp3) is 0.391. The van der Waals surface area contributed by atoms with E-state index in [0.29, 0.717) is 18.1 Å². The van der Waals surface area contributed by atoms with E-state index < -0.39 is 41.8 Å². The van der Waals surface area contributed by atoms with E-state index in [0.717, 1.165) is 43.9 Å². The summed E-state index contributed by atoms with van der Waals surface area (Å²) in [7, 11) is 0. The largest absolute Gasteiger partial charge is 0.503 e. The quantitative estimate of drug-likeness (QED) is 0.342. The second kappa shape index (κ2) is 11.2. The summed E-state index contributed by atoms with van der Waals surface area (Å²) in [5.74, 6) is -4.31. The van der Waals surface area contributed by atoms with Gasteiger partial charge >= 0.3 is 18.5 Å². The van der Waals surface area contributed by atoms with Crippen molar-refractivity contribution in [2.24, 2.45) is 11.8 Å². The van der Waals surface area contributed by atoms with Crippen molar-refractivity contribution in [3.8, 4) is 0 Å². The molecule has 35 heavy (non-hydrogen) atoms. The molecule has 1 amide bonds. The first-order chi connectivity index (χ1) is 16.1. The lowest BCUT2D eigenvalue weighted by Gasteiger charge is -2.26. The Morgan fingerprint density at radius 3 is 2.03 bits per heavy atom. The molecule has 12 heteroatoms. The average Bonchev–Trinajstić information content (AvgIpc) is 3.53. The first-order valence-corrected chi connectivity index (χ1v) is 10.7. The predicted molar refractivity (Wildman–Crippen MR) is 117 cm³/mol. The van der Waals surface area contributed by atoms with Crippen LogP contribution in [0.2, 0.25) is 5.02 Å². The average molecular weight is 526 g/mol. The molecule has 2 atom stereocenters. The van der Waals surface area contributed by atoms with Gasteiger partial charge in [0.15, 0.2) is 0 Å². The third-order valence-corrected chi connectivity index (χ3v) is 5.74. The van der Waals surface area contributed by atoms with Gasteiger partial charge in [-0.05, 0) is 60.6 Å². The lowest BCUT2D eigenvalue weighted by molar-refractivity contribution is -0.178. The Morgan fingerprint density at radius 1 is 1.03 bits per heavy atom. The maximum atomic E-state index is 13.5. The number of hydrogen-bond donors (Lipinski definition) is 3. The maximum Gasteiger partial charge on any atom is 0.503 e. The third kappa shape index (κ3) is 8.65. The first-order valence-electron chi connectivity index (χ1n) is 10.3. The van der Waals surface area contributed by atoms with E-state index in [1.165, 1.54) is 0 Å². The minimum Gasteiger partial charge on any atom is -0.450 e. The number of amides is 1. The molecule has 2 aromatic rings. The fourth-order valence-corrected chi connectivity index (χ4v) is 3.56. The summed E-state index contributed by atoms with van der Waals surface area (Å²) < 4.78 is 78.8. The van der Waals surface area contributed by atoms with Gasteiger partial charge in [-0.15, -0.1) is 0 Å². The molecule has 0 bridgehead atoms. The smallest absolute Gasteiger partial charge is 0.450 e. The van der Waals surface area contributed by atoms with Gasteiger partial charge in [-0.2, -0.15) is 26.3 Å². The van der Waals surface area contributed by atoms with Gasteiger partial charge in [0.2, 0.25) is 5.91 Å². The summed E-state index contributed by atoms with van der Waals surface area (Å²) in [6, 6.07) is 8.13. The van der Waals surface area contributed by atoms with Crippen LogP contribution in [-0.4, -0.2) is 28.5 Å². The summed E-state index contributed by atoms with van der Waals surface area (Å²) in [4.78, 5) is 21.4. The van der Waals surface area contributed by atoms with Gasteiger partial charge in [-0.25, -0.2) is 4.79 Å².